The molecule has 29 heavy (non-hydrogen) atoms. The van der Waals surface area contributed by atoms with Crippen LogP contribution in [0.3, 0.4) is 0 Å². The van der Waals surface area contributed by atoms with E-state index in [4.69, 9.17) is 11.6 Å². The average Bonchev–Trinajstić information content (AvgIpc) is 2.69. The fourth-order valence-corrected chi connectivity index (χ4v) is 4.05. The summed E-state index contributed by atoms with van der Waals surface area (Å²) in [5.74, 6) is -0.958. The van der Waals surface area contributed by atoms with Crippen LogP contribution in [0.5, 0.6) is 0 Å². The first-order valence-electron chi connectivity index (χ1n) is 9.16. The molecule has 0 aliphatic heterocycles. The van der Waals surface area contributed by atoms with E-state index in [2.05, 4.69) is 0 Å². The number of aryl methyl sites for hydroxylation is 2. The Kier molecular flexibility index (Phi) is 6.72. The van der Waals surface area contributed by atoms with E-state index in [1.807, 2.05) is 80.6 Å². The number of hydrogen-bond acceptors (Lipinski definition) is 2. The largest absolute Gasteiger partial charge is 0.481 e. The first kappa shape index (κ1) is 21.1. The van der Waals surface area contributed by atoms with Crippen molar-refractivity contribution in [2.45, 2.75) is 26.3 Å². The van der Waals surface area contributed by atoms with Gasteiger partial charge in [0, 0.05) is 10.7 Å². The zero-order valence-electron chi connectivity index (χ0n) is 16.2. The minimum absolute atomic E-state index is 0.179. The van der Waals surface area contributed by atoms with Crippen molar-refractivity contribution in [2.24, 2.45) is 0 Å². The maximum absolute atomic E-state index is 12.1. The van der Waals surface area contributed by atoms with Crippen molar-refractivity contribution in [3.63, 3.8) is 0 Å². The molecular weight excluding hydrogens is 406 g/mol. The smallest absolute Gasteiger partial charge is 0.305 e. The quantitative estimate of drug-likeness (QED) is 0.489. The Morgan fingerprint density at radius 3 is 2.41 bits per heavy atom. The van der Waals surface area contributed by atoms with Gasteiger partial charge in [-0.25, -0.2) is 4.21 Å². The van der Waals surface area contributed by atoms with E-state index >= 15 is 0 Å². The lowest BCUT2D eigenvalue weighted by atomic mass is 9.94. The average molecular weight is 428 g/mol. The number of carboxylic acid groups (broad SMARTS) is 1. The Hall–Kier alpha value is -2.63. The summed E-state index contributed by atoms with van der Waals surface area (Å²) >= 11 is 5.89. The van der Waals surface area contributed by atoms with E-state index in [9.17, 15) is 14.1 Å². The topological polar surface area (TPSA) is 57.6 Å². The van der Waals surface area contributed by atoms with Gasteiger partial charge >= 0.3 is 5.97 Å². The molecule has 1 atom stereocenters. The summed E-state index contributed by atoms with van der Waals surface area (Å²) in [5, 5.41) is 10.1. The fourth-order valence-electron chi connectivity index (χ4n) is 3.31. The molecule has 0 spiro atoms. The number of aliphatic carboxylic acids is 1. The SMILES string of the molecule is Cc1ccc(N([SH]=O)C(CC(=O)O)c2ccc(C)c(-c3cccc(Cl)c3)c2)cc1. The highest BCUT2D eigenvalue weighted by molar-refractivity contribution is 7.67. The molecule has 0 heterocycles. The van der Waals surface area contributed by atoms with Crippen molar-refractivity contribution in [1.29, 1.82) is 0 Å². The van der Waals surface area contributed by atoms with Gasteiger partial charge in [-0.1, -0.05) is 53.6 Å². The van der Waals surface area contributed by atoms with Crippen LogP contribution >= 0.6 is 11.6 Å². The highest BCUT2D eigenvalue weighted by Crippen LogP contribution is 2.34. The first-order valence-corrected chi connectivity index (χ1v) is 10.3. The number of nitrogens with zero attached hydrogens (tertiary/aromatic N) is 1. The summed E-state index contributed by atoms with van der Waals surface area (Å²) in [6.07, 6.45) is -0.179. The third-order valence-corrected chi connectivity index (χ3v) is 5.75. The predicted octanol–water partition coefficient (Wildman–Crippen LogP) is 5.51. The van der Waals surface area contributed by atoms with Gasteiger partial charge in [0.2, 0.25) is 0 Å². The monoisotopic (exact) mass is 427 g/mol. The summed E-state index contributed by atoms with van der Waals surface area (Å²) in [4.78, 5) is 11.6. The summed E-state index contributed by atoms with van der Waals surface area (Å²) in [5.41, 5.74) is 5.51. The molecular formula is C23H22ClNO3S. The minimum Gasteiger partial charge on any atom is -0.481 e. The van der Waals surface area contributed by atoms with E-state index in [1.165, 1.54) is 0 Å². The molecule has 1 unspecified atom stereocenters. The number of benzene rings is 3. The maximum Gasteiger partial charge on any atom is 0.305 e. The lowest BCUT2D eigenvalue weighted by molar-refractivity contribution is -0.137. The molecule has 0 aromatic heterocycles. The van der Waals surface area contributed by atoms with Gasteiger partial charge in [-0.3, -0.25) is 9.10 Å². The fraction of sp³-hybridized carbons (Fsp3) is 0.174. The van der Waals surface area contributed by atoms with E-state index in [0.29, 0.717) is 10.7 Å². The van der Waals surface area contributed by atoms with Crippen LogP contribution in [0.25, 0.3) is 11.1 Å². The van der Waals surface area contributed by atoms with Gasteiger partial charge in [0.15, 0.2) is 0 Å². The van der Waals surface area contributed by atoms with Crippen LogP contribution in [0.4, 0.5) is 5.69 Å². The third kappa shape index (κ3) is 5.05. The van der Waals surface area contributed by atoms with Gasteiger partial charge in [0.25, 0.3) is 0 Å². The second-order valence-electron chi connectivity index (χ2n) is 6.96. The number of carbonyl (C=O) groups is 1. The van der Waals surface area contributed by atoms with Crippen molar-refractivity contribution in [1.82, 2.24) is 0 Å². The number of rotatable bonds is 7. The second-order valence-corrected chi connectivity index (χ2v) is 7.99. The van der Waals surface area contributed by atoms with Gasteiger partial charge in [-0.15, -0.1) is 0 Å². The van der Waals surface area contributed by atoms with Crippen molar-refractivity contribution in [3.8, 4) is 11.1 Å². The highest BCUT2D eigenvalue weighted by Gasteiger charge is 2.24. The normalized spacial score (nSPS) is 11.8. The van der Waals surface area contributed by atoms with Gasteiger partial charge in [-0.2, -0.15) is 0 Å². The minimum atomic E-state index is -0.958. The molecule has 0 fully saturated rings. The van der Waals surface area contributed by atoms with Crippen LogP contribution < -0.4 is 4.31 Å². The number of thiol groups is 1. The highest BCUT2D eigenvalue weighted by atomic mass is 35.5. The van der Waals surface area contributed by atoms with Crippen LogP contribution in [0, 0.1) is 13.8 Å². The van der Waals surface area contributed by atoms with Gasteiger partial charge < -0.3 is 5.11 Å². The molecule has 0 saturated carbocycles. The molecule has 1 N–H and O–H groups in total. The molecule has 150 valence electrons. The van der Waals surface area contributed by atoms with Crippen LogP contribution in [0.15, 0.2) is 66.7 Å². The lowest BCUT2D eigenvalue weighted by Crippen LogP contribution is -2.27. The molecule has 0 saturated heterocycles. The van der Waals surface area contributed by atoms with E-state index < -0.39 is 12.0 Å². The van der Waals surface area contributed by atoms with Crippen molar-refractivity contribution < 1.29 is 14.1 Å². The maximum atomic E-state index is 12.1. The van der Waals surface area contributed by atoms with Crippen molar-refractivity contribution >= 4 is 35.1 Å². The van der Waals surface area contributed by atoms with Crippen LogP contribution in [-0.4, -0.2) is 15.3 Å². The molecule has 0 aliphatic rings. The zero-order valence-corrected chi connectivity index (χ0v) is 17.8. The lowest BCUT2D eigenvalue weighted by Gasteiger charge is -2.28. The van der Waals surface area contributed by atoms with Gasteiger partial charge in [-0.05, 0) is 66.4 Å². The summed E-state index contributed by atoms with van der Waals surface area (Å²) in [7, 11) is 0. The molecule has 3 rings (SSSR count). The Labute approximate surface area is 179 Å². The molecule has 0 radical (unpaired) electrons. The third-order valence-electron chi connectivity index (χ3n) is 4.83. The Bertz CT molecular complexity index is 1040. The molecule has 6 heteroatoms. The van der Waals surface area contributed by atoms with Crippen LogP contribution in [0.2, 0.25) is 5.02 Å². The van der Waals surface area contributed by atoms with Gasteiger partial charge in [0.05, 0.1) is 12.5 Å². The van der Waals surface area contributed by atoms with E-state index in [0.717, 1.165) is 27.8 Å². The second kappa shape index (κ2) is 9.25. The number of anilines is 1. The van der Waals surface area contributed by atoms with Crippen molar-refractivity contribution in [3.05, 3.63) is 88.4 Å². The molecule has 0 aliphatic carbocycles. The summed E-state index contributed by atoms with van der Waals surface area (Å²) < 4.78 is 13.6. The molecule has 4 nitrogen and oxygen atoms in total. The first-order chi connectivity index (χ1) is 13.9. The van der Waals surface area contributed by atoms with Crippen LogP contribution in [-0.2, 0) is 16.6 Å². The summed E-state index contributed by atoms with van der Waals surface area (Å²) in [6.45, 7) is 3.96. The van der Waals surface area contributed by atoms with Crippen molar-refractivity contribution in [2.75, 3.05) is 4.31 Å². The van der Waals surface area contributed by atoms with E-state index in [1.54, 1.807) is 4.31 Å². The molecule has 0 amide bonds. The van der Waals surface area contributed by atoms with Crippen LogP contribution in [0.1, 0.15) is 29.2 Å². The Morgan fingerprint density at radius 2 is 1.79 bits per heavy atom. The zero-order chi connectivity index (χ0) is 21.0. The number of halogens is 1. The Morgan fingerprint density at radius 1 is 1.07 bits per heavy atom. The Balaban J connectivity index is 2.09. The summed E-state index contributed by atoms with van der Waals surface area (Å²) in [6, 6.07) is 20.3. The standard InChI is InChI=1S/C23H22ClNO3S/c1-15-6-10-20(11-7-15)25(29-28)22(14-23(26)27)18-9-8-16(2)21(13-18)17-4-3-5-19(24)12-17/h3-13,22,29H,14H2,1-2H3,(H,26,27). The van der Waals surface area contributed by atoms with E-state index in [-0.39, 0.29) is 18.3 Å². The molecule has 0 bridgehead atoms. The number of carboxylic acids is 1. The predicted molar refractivity (Wildman–Crippen MR) is 120 cm³/mol. The number of hydrogen-bond donors (Lipinski definition) is 2. The molecule has 3 aromatic rings. The molecule has 3 aromatic carbocycles. The van der Waals surface area contributed by atoms with Gasteiger partial charge in [0.1, 0.15) is 11.9 Å².